The van der Waals surface area contributed by atoms with Crippen molar-refractivity contribution in [2.75, 3.05) is 20.2 Å². The summed E-state index contributed by atoms with van der Waals surface area (Å²) in [5, 5.41) is 7.11. The number of hydrogen-bond donors (Lipinski definition) is 3. The van der Waals surface area contributed by atoms with Gasteiger partial charge in [0, 0.05) is 32.1 Å². The first-order valence-electron chi connectivity index (χ1n) is 12.2. The molecular weight excluding hydrogens is 502 g/mol. The van der Waals surface area contributed by atoms with Crippen molar-refractivity contribution in [1.82, 2.24) is 20.9 Å². The van der Waals surface area contributed by atoms with Crippen LogP contribution in [-0.4, -0.2) is 48.9 Å². The Bertz CT molecular complexity index is 1350. The molecule has 12 heteroatoms. The van der Waals surface area contributed by atoms with Crippen molar-refractivity contribution < 1.29 is 37.1 Å². The molecule has 1 atom stereocenters. The van der Waals surface area contributed by atoms with Crippen LogP contribution in [0.25, 0.3) is 6.08 Å². The lowest BCUT2D eigenvalue weighted by Gasteiger charge is -2.08. The number of benzene rings is 1. The molecule has 1 aromatic heterocycles. The lowest BCUT2D eigenvalue weighted by Crippen LogP contribution is -2.22. The minimum absolute atomic E-state index is 0.0609. The fraction of sp³-hybridized carbons (Fsp3) is 0.385. The number of rotatable bonds is 6. The SMILES string of the molecule is CN1Cc2ccc(OCC3CC3)c(F)c2C1=O.O=C1C/C(=C\c2cc(C3NC(=O)NC3=O)oc2CF)CN1. The standard InChI is InChI=1S/C13H12FN3O4.C13H14FNO2/c14-4-9-7(1-6-2-10(18)15-5-6)3-8(21-9)11-12(19)17-13(20)16-11;1-15-6-9-4-5-10(17-7-8-2-3-8)12(14)11(9)13(15)16/h1,3,11H,2,4-5H2,(H,15,18)(H2,16,17,19,20);4-5,8H,2-3,6-7H2,1H3/b6-1+;. The lowest BCUT2D eigenvalue weighted by atomic mass is 10.1. The number of fused-ring (bicyclic) bond motifs is 1. The Morgan fingerprint density at radius 1 is 1.21 bits per heavy atom. The number of carbonyl (C=O) groups excluding carboxylic acids is 4. The second-order valence-corrected chi connectivity index (χ2v) is 9.64. The zero-order valence-electron chi connectivity index (χ0n) is 20.6. The highest BCUT2D eigenvalue weighted by Gasteiger charge is 2.34. The summed E-state index contributed by atoms with van der Waals surface area (Å²) < 4.78 is 37.8. The molecule has 3 N–H and O–H groups in total. The Morgan fingerprint density at radius 2 is 2.00 bits per heavy atom. The summed E-state index contributed by atoms with van der Waals surface area (Å²) in [7, 11) is 1.67. The van der Waals surface area contributed by atoms with Gasteiger partial charge in [-0.2, -0.15) is 0 Å². The zero-order chi connectivity index (χ0) is 27.0. The molecule has 1 aromatic carbocycles. The van der Waals surface area contributed by atoms with Gasteiger partial charge in [-0.15, -0.1) is 0 Å². The summed E-state index contributed by atoms with van der Waals surface area (Å²) in [4.78, 5) is 47.1. The Labute approximate surface area is 216 Å². The van der Waals surface area contributed by atoms with E-state index in [0.717, 1.165) is 24.0 Å². The van der Waals surface area contributed by atoms with Gasteiger partial charge in [-0.1, -0.05) is 6.07 Å². The van der Waals surface area contributed by atoms with Crippen LogP contribution < -0.4 is 20.7 Å². The van der Waals surface area contributed by atoms with Gasteiger partial charge in [0.05, 0.1) is 12.2 Å². The van der Waals surface area contributed by atoms with E-state index in [9.17, 15) is 28.0 Å². The summed E-state index contributed by atoms with van der Waals surface area (Å²) in [6.07, 6.45) is 4.24. The van der Waals surface area contributed by atoms with Crippen LogP contribution in [0.2, 0.25) is 0 Å². The Hall–Kier alpha value is -4.22. The van der Waals surface area contributed by atoms with Crippen LogP contribution in [0.3, 0.4) is 0 Å². The summed E-state index contributed by atoms with van der Waals surface area (Å²) in [5.74, 6) is -0.390. The minimum Gasteiger partial charge on any atom is -0.490 e. The van der Waals surface area contributed by atoms with Crippen molar-refractivity contribution in [2.24, 2.45) is 5.92 Å². The van der Waals surface area contributed by atoms with Gasteiger partial charge >= 0.3 is 6.03 Å². The molecule has 2 aromatic rings. The van der Waals surface area contributed by atoms with Gasteiger partial charge in [0.25, 0.3) is 11.8 Å². The molecule has 200 valence electrons. The van der Waals surface area contributed by atoms with Crippen molar-refractivity contribution >= 4 is 29.8 Å². The molecule has 1 unspecified atom stereocenters. The smallest absolute Gasteiger partial charge is 0.322 e. The van der Waals surface area contributed by atoms with Gasteiger partial charge in [0.15, 0.2) is 17.6 Å². The fourth-order valence-electron chi connectivity index (χ4n) is 4.40. The van der Waals surface area contributed by atoms with Gasteiger partial charge in [-0.25, -0.2) is 13.6 Å². The predicted molar refractivity (Wildman–Crippen MR) is 129 cm³/mol. The number of furan rings is 1. The zero-order valence-corrected chi connectivity index (χ0v) is 20.6. The van der Waals surface area contributed by atoms with Crippen molar-refractivity contribution in [2.45, 2.75) is 38.5 Å². The molecule has 10 nitrogen and oxygen atoms in total. The highest BCUT2D eigenvalue weighted by atomic mass is 19.1. The van der Waals surface area contributed by atoms with E-state index in [1.54, 1.807) is 25.3 Å². The average Bonchev–Trinajstić information content (AvgIpc) is 3.15. The molecule has 1 aliphatic carbocycles. The minimum atomic E-state index is -0.960. The van der Waals surface area contributed by atoms with Gasteiger partial charge in [0.1, 0.15) is 18.2 Å². The first kappa shape index (κ1) is 25.4. The number of halogens is 2. The van der Waals surface area contributed by atoms with Crippen LogP contribution in [0, 0.1) is 11.7 Å². The third kappa shape index (κ3) is 5.24. The van der Waals surface area contributed by atoms with E-state index in [2.05, 4.69) is 16.0 Å². The first-order chi connectivity index (χ1) is 18.2. The van der Waals surface area contributed by atoms with E-state index < -0.39 is 30.5 Å². The maximum Gasteiger partial charge on any atom is 0.322 e. The maximum atomic E-state index is 14.1. The molecule has 3 fully saturated rings. The molecule has 5 amide bonds. The number of imide groups is 1. The van der Waals surface area contributed by atoms with E-state index in [4.69, 9.17) is 9.15 Å². The van der Waals surface area contributed by atoms with Crippen molar-refractivity contribution in [3.8, 4) is 5.75 Å². The van der Waals surface area contributed by atoms with Crippen molar-refractivity contribution in [1.29, 1.82) is 0 Å². The third-order valence-electron chi connectivity index (χ3n) is 6.63. The molecule has 0 radical (unpaired) electrons. The molecule has 6 rings (SSSR count). The number of amides is 5. The molecule has 0 spiro atoms. The molecule has 3 aliphatic heterocycles. The number of urea groups is 1. The number of nitrogens with one attached hydrogen (secondary N) is 3. The first-order valence-corrected chi connectivity index (χ1v) is 12.2. The molecule has 2 saturated heterocycles. The average molecular weight is 529 g/mol. The topological polar surface area (TPSA) is 130 Å². The summed E-state index contributed by atoms with van der Waals surface area (Å²) in [6.45, 7) is 0.599. The molecule has 1 saturated carbocycles. The van der Waals surface area contributed by atoms with Gasteiger partial charge < -0.3 is 24.7 Å². The van der Waals surface area contributed by atoms with Crippen LogP contribution in [0.1, 0.15) is 58.3 Å². The van der Waals surface area contributed by atoms with Gasteiger partial charge in [-0.05, 0) is 48.1 Å². The van der Waals surface area contributed by atoms with E-state index >= 15 is 0 Å². The number of carbonyl (C=O) groups is 4. The third-order valence-corrected chi connectivity index (χ3v) is 6.63. The second kappa shape index (κ2) is 10.3. The highest BCUT2D eigenvalue weighted by Crippen LogP contribution is 2.33. The van der Waals surface area contributed by atoms with Crippen molar-refractivity contribution in [3.05, 3.63) is 57.8 Å². The maximum absolute atomic E-state index is 14.1. The number of alkyl halides is 1. The molecule has 4 heterocycles. The van der Waals surface area contributed by atoms with E-state index in [0.29, 0.717) is 31.2 Å². The Morgan fingerprint density at radius 3 is 2.63 bits per heavy atom. The highest BCUT2D eigenvalue weighted by molar-refractivity contribution is 6.04. The van der Waals surface area contributed by atoms with Crippen LogP contribution in [0.15, 0.2) is 28.2 Å². The molecule has 4 aliphatic rings. The summed E-state index contributed by atoms with van der Waals surface area (Å²) >= 11 is 0. The van der Waals surface area contributed by atoms with E-state index in [1.165, 1.54) is 11.0 Å². The second-order valence-electron chi connectivity index (χ2n) is 9.64. The van der Waals surface area contributed by atoms with Crippen LogP contribution in [0.5, 0.6) is 5.75 Å². The van der Waals surface area contributed by atoms with E-state index in [1.807, 2.05) is 0 Å². The van der Waals surface area contributed by atoms with Crippen molar-refractivity contribution in [3.63, 3.8) is 0 Å². The molecular formula is C26H26F2N4O6. The number of hydrogen-bond acceptors (Lipinski definition) is 6. The van der Waals surface area contributed by atoms with Crippen LogP contribution >= 0.6 is 0 Å². The quantitative estimate of drug-likeness (QED) is 0.495. The predicted octanol–water partition coefficient (Wildman–Crippen LogP) is 2.73. The van der Waals surface area contributed by atoms with Crippen LogP contribution in [-0.2, 0) is 22.8 Å². The number of nitrogens with zero attached hydrogens (tertiary/aromatic N) is 1. The number of ether oxygens (including phenoxy) is 1. The molecule has 0 bridgehead atoms. The summed E-state index contributed by atoms with van der Waals surface area (Å²) in [5.41, 5.74) is 2.20. The van der Waals surface area contributed by atoms with Crippen LogP contribution in [0.4, 0.5) is 13.6 Å². The Kier molecular flexibility index (Phi) is 6.87. The van der Waals surface area contributed by atoms with E-state index in [-0.39, 0.29) is 41.1 Å². The van der Waals surface area contributed by atoms with Gasteiger partial charge in [-0.3, -0.25) is 19.7 Å². The normalized spacial score (nSPS) is 21.2. The summed E-state index contributed by atoms with van der Waals surface area (Å²) in [6, 6.07) is 3.33. The molecule has 38 heavy (non-hydrogen) atoms. The lowest BCUT2D eigenvalue weighted by molar-refractivity contribution is -0.120. The monoisotopic (exact) mass is 528 g/mol. The van der Waals surface area contributed by atoms with Gasteiger partial charge in [0.2, 0.25) is 5.91 Å². The largest absolute Gasteiger partial charge is 0.490 e. The Balaban J connectivity index is 0.000000158. The fourth-order valence-corrected chi connectivity index (χ4v) is 4.40.